The van der Waals surface area contributed by atoms with Crippen LogP contribution in [0.15, 0.2) is 84.9 Å². The molecule has 0 heterocycles. The molecular weight excluding hydrogens is 438 g/mol. The number of anilines is 3. The molecule has 0 aliphatic carbocycles. The summed E-state index contributed by atoms with van der Waals surface area (Å²) >= 11 is 0. The van der Waals surface area contributed by atoms with Gasteiger partial charge in [0, 0.05) is 17.1 Å². The van der Waals surface area contributed by atoms with Crippen LogP contribution in [-0.2, 0) is 0 Å². The van der Waals surface area contributed by atoms with E-state index in [1.54, 1.807) is 0 Å². The molecule has 5 aromatic rings. The molecule has 2 heteroatoms. The number of hydrogen-bond donors (Lipinski definition) is 0. The summed E-state index contributed by atoms with van der Waals surface area (Å²) in [7, 11) is -1.37. The van der Waals surface area contributed by atoms with Crippen molar-refractivity contribution in [3.63, 3.8) is 0 Å². The standard InChI is InChI=1S/C33H35NSi/c1-22-8-12-26(13-9-22)34(27-14-10-23(2)11-15-27)28-16-18-30-25(4)33-21-29(35(5,6)7)17-19-31(33)24(3)32(30)20-28/h8-21H,1-7H3. The monoisotopic (exact) mass is 473 g/mol. The Labute approximate surface area is 211 Å². The van der Waals surface area contributed by atoms with Gasteiger partial charge in [-0.1, -0.05) is 84.5 Å². The zero-order chi connectivity index (χ0) is 24.9. The van der Waals surface area contributed by atoms with Gasteiger partial charge in [0.15, 0.2) is 0 Å². The van der Waals surface area contributed by atoms with E-state index in [0.29, 0.717) is 0 Å². The van der Waals surface area contributed by atoms with Gasteiger partial charge < -0.3 is 4.90 Å². The van der Waals surface area contributed by atoms with E-state index >= 15 is 0 Å². The molecule has 0 aliphatic rings. The fraction of sp³-hybridized carbons (Fsp3) is 0.212. The number of aryl methyl sites for hydroxylation is 4. The van der Waals surface area contributed by atoms with Gasteiger partial charge >= 0.3 is 0 Å². The van der Waals surface area contributed by atoms with Crippen LogP contribution in [-0.4, -0.2) is 8.07 Å². The first-order valence-electron chi connectivity index (χ1n) is 12.5. The van der Waals surface area contributed by atoms with Crippen LogP contribution >= 0.6 is 0 Å². The molecule has 35 heavy (non-hydrogen) atoms. The topological polar surface area (TPSA) is 3.24 Å². The molecule has 1 nitrogen and oxygen atoms in total. The molecule has 0 saturated carbocycles. The van der Waals surface area contributed by atoms with Crippen molar-refractivity contribution in [3.8, 4) is 0 Å². The van der Waals surface area contributed by atoms with Gasteiger partial charge in [0.05, 0.1) is 8.07 Å². The van der Waals surface area contributed by atoms with Crippen molar-refractivity contribution in [2.45, 2.75) is 47.3 Å². The molecule has 0 radical (unpaired) electrons. The highest BCUT2D eigenvalue weighted by Crippen LogP contribution is 2.39. The van der Waals surface area contributed by atoms with Crippen molar-refractivity contribution in [2.75, 3.05) is 4.90 Å². The maximum absolute atomic E-state index is 2.46. The molecule has 0 fully saturated rings. The molecule has 0 aliphatic heterocycles. The average molecular weight is 474 g/mol. The van der Waals surface area contributed by atoms with Gasteiger partial charge in [0.1, 0.15) is 0 Å². The van der Waals surface area contributed by atoms with Gasteiger partial charge in [-0.15, -0.1) is 0 Å². The van der Waals surface area contributed by atoms with Gasteiger partial charge in [0.25, 0.3) is 0 Å². The van der Waals surface area contributed by atoms with Crippen LogP contribution in [0, 0.1) is 27.7 Å². The number of fused-ring (bicyclic) bond motifs is 2. The van der Waals surface area contributed by atoms with Crippen LogP contribution < -0.4 is 10.1 Å². The van der Waals surface area contributed by atoms with Gasteiger partial charge in [0.2, 0.25) is 0 Å². The summed E-state index contributed by atoms with van der Waals surface area (Å²) in [4.78, 5) is 2.37. The summed E-state index contributed by atoms with van der Waals surface area (Å²) in [5, 5.41) is 6.97. The van der Waals surface area contributed by atoms with Crippen molar-refractivity contribution in [1.29, 1.82) is 0 Å². The molecule has 0 saturated heterocycles. The molecule has 176 valence electrons. The lowest BCUT2D eigenvalue weighted by molar-refractivity contribution is 1.27. The lowest BCUT2D eigenvalue weighted by Crippen LogP contribution is -2.37. The summed E-state index contributed by atoms with van der Waals surface area (Å²) in [6.45, 7) is 16.1. The summed E-state index contributed by atoms with van der Waals surface area (Å²) < 4.78 is 0. The number of hydrogen-bond acceptors (Lipinski definition) is 1. The summed E-state index contributed by atoms with van der Waals surface area (Å²) in [6.07, 6.45) is 0. The summed E-state index contributed by atoms with van der Waals surface area (Å²) in [5.41, 5.74) is 8.81. The van der Waals surface area contributed by atoms with Gasteiger partial charge in [-0.05, 0) is 96.8 Å². The third-order valence-corrected chi connectivity index (χ3v) is 9.39. The highest BCUT2D eigenvalue weighted by molar-refractivity contribution is 6.88. The SMILES string of the molecule is Cc1ccc(N(c2ccc(C)cc2)c2ccc3c(C)c4cc([Si](C)(C)C)ccc4c(C)c3c2)cc1. The van der Waals surface area contributed by atoms with Crippen LogP contribution in [0.1, 0.15) is 22.3 Å². The van der Waals surface area contributed by atoms with Crippen molar-refractivity contribution in [3.05, 3.63) is 107 Å². The van der Waals surface area contributed by atoms with E-state index in [1.807, 2.05) is 0 Å². The van der Waals surface area contributed by atoms with Crippen molar-refractivity contribution < 1.29 is 0 Å². The van der Waals surface area contributed by atoms with E-state index in [0.717, 1.165) is 0 Å². The predicted molar refractivity (Wildman–Crippen MR) is 158 cm³/mol. The van der Waals surface area contributed by atoms with E-state index in [9.17, 15) is 0 Å². The van der Waals surface area contributed by atoms with E-state index in [-0.39, 0.29) is 0 Å². The molecular formula is C33H35NSi. The first kappa shape index (κ1) is 23.4. The van der Waals surface area contributed by atoms with Gasteiger partial charge in [-0.2, -0.15) is 0 Å². The first-order valence-corrected chi connectivity index (χ1v) is 16.0. The largest absolute Gasteiger partial charge is 0.310 e. The second kappa shape index (κ2) is 8.69. The van der Waals surface area contributed by atoms with E-state index in [4.69, 9.17) is 0 Å². The lowest BCUT2D eigenvalue weighted by atomic mass is 9.92. The Hall–Kier alpha value is -3.36. The lowest BCUT2D eigenvalue weighted by Gasteiger charge is -2.27. The minimum Gasteiger partial charge on any atom is -0.310 e. The van der Waals surface area contributed by atoms with E-state index in [1.165, 1.54) is 66.0 Å². The maximum atomic E-state index is 2.46. The Morgan fingerprint density at radius 2 is 0.886 bits per heavy atom. The molecule has 0 aromatic heterocycles. The molecule has 5 rings (SSSR count). The van der Waals surface area contributed by atoms with Crippen molar-refractivity contribution in [1.82, 2.24) is 0 Å². The minimum atomic E-state index is -1.37. The molecule has 0 unspecified atom stereocenters. The third-order valence-electron chi connectivity index (χ3n) is 7.35. The van der Waals surface area contributed by atoms with Crippen LogP contribution in [0.2, 0.25) is 19.6 Å². The quantitative estimate of drug-likeness (QED) is 0.186. The van der Waals surface area contributed by atoms with Crippen LogP contribution in [0.5, 0.6) is 0 Å². The van der Waals surface area contributed by atoms with Crippen LogP contribution in [0.25, 0.3) is 21.5 Å². The Morgan fingerprint density at radius 1 is 0.457 bits per heavy atom. The maximum Gasteiger partial charge on any atom is 0.0776 e. The second-order valence-electron chi connectivity index (χ2n) is 11.0. The van der Waals surface area contributed by atoms with Crippen molar-refractivity contribution in [2.24, 2.45) is 0 Å². The van der Waals surface area contributed by atoms with Crippen molar-refractivity contribution >= 4 is 51.9 Å². The highest BCUT2D eigenvalue weighted by Gasteiger charge is 2.19. The van der Waals surface area contributed by atoms with E-state index < -0.39 is 8.07 Å². The van der Waals surface area contributed by atoms with E-state index in [2.05, 4.69) is 137 Å². The van der Waals surface area contributed by atoms with Gasteiger partial charge in [-0.3, -0.25) is 0 Å². The summed E-state index contributed by atoms with van der Waals surface area (Å²) in [5.74, 6) is 0. The van der Waals surface area contributed by atoms with Gasteiger partial charge in [-0.25, -0.2) is 0 Å². The molecule has 0 N–H and O–H groups in total. The Bertz CT molecular complexity index is 1490. The molecule has 0 amide bonds. The second-order valence-corrected chi connectivity index (χ2v) is 16.1. The zero-order valence-corrected chi connectivity index (χ0v) is 23.0. The highest BCUT2D eigenvalue weighted by atomic mass is 28.3. The minimum absolute atomic E-state index is 1.17. The zero-order valence-electron chi connectivity index (χ0n) is 22.0. The first-order chi connectivity index (χ1) is 16.6. The Morgan fingerprint density at radius 3 is 1.37 bits per heavy atom. The normalized spacial score (nSPS) is 11.9. The molecule has 0 bridgehead atoms. The molecule has 0 atom stereocenters. The summed E-state index contributed by atoms with van der Waals surface area (Å²) in [6, 6.07) is 31.8. The fourth-order valence-electron chi connectivity index (χ4n) is 5.08. The molecule has 0 spiro atoms. The number of benzene rings is 5. The average Bonchev–Trinajstić information content (AvgIpc) is 2.84. The number of rotatable bonds is 4. The van der Waals surface area contributed by atoms with Crippen LogP contribution in [0.3, 0.4) is 0 Å². The Balaban J connectivity index is 1.74. The smallest absolute Gasteiger partial charge is 0.0776 e. The molecule has 5 aromatic carbocycles. The Kier molecular flexibility index (Phi) is 5.81. The predicted octanol–water partition coefficient (Wildman–Crippen LogP) is 9.24. The third kappa shape index (κ3) is 4.28. The number of nitrogens with zero attached hydrogens (tertiary/aromatic N) is 1. The van der Waals surface area contributed by atoms with Crippen LogP contribution in [0.4, 0.5) is 17.1 Å². The fourth-order valence-corrected chi connectivity index (χ4v) is 6.24.